The zero-order valence-electron chi connectivity index (χ0n) is 17.3. The van der Waals surface area contributed by atoms with E-state index in [1.807, 2.05) is 43.3 Å². The van der Waals surface area contributed by atoms with Crippen LogP contribution in [0.25, 0.3) is 0 Å². The van der Waals surface area contributed by atoms with Gasteiger partial charge in [0, 0.05) is 25.7 Å². The molecule has 1 aliphatic heterocycles. The number of piperidine rings is 1. The molecular formula is C25H28N2O2S. The number of hydrogen-bond donors (Lipinski definition) is 0. The van der Waals surface area contributed by atoms with E-state index in [2.05, 4.69) is 29.2 Å². The van der Waals surface area contributed by atoms with E-state index < -0.39 is 10.0 Å². The second-order valence-electron chi connectivity index (χ2n) is 7.94. The van der Waals surface area contributed by atoms with E-state index in [-0.39, 0.29) is 6.04 Å². The van der Waals surface area contributed by atoms with Crippen LogP contribution in [0.5, 0.6) is 0 Å². The fraction of sp³-hybridized carbons (Fsp3) is 0.280. The molecule has 0 aromatic heterocycles. The molecule has 0 bridgehead atoms. The summed E-state index contributed by atoms with van der Waals surface area (Å²) in [5, 5.41) is 0. The van der Waals surface area contributed by atoms with Crippen molar-refractivity contribution < 1.29 is 8.42 Å². The molecule has 0 amide bonds. The third-order valence-electron chi connectivity index (χ3n) is 5.73. The second-order valence-corrected chi connectivity index (χ2v) is 9.76. The number of sulfonamides is 1. The van der Waals surface area contributed by atoms with E-state index in [4.69, 9.17) is 0 Å². The molecule has 1 aliphatic rings. The monoisotopic (exact) mass is 420 g/mol. The van der Waals surface area contributed by atoms with Gasteiger partial charge >= 0.3 is 0 Å². The van der Waals surface area contributed by atoms with E-state index >= 15 is 0 Å². The minimum absolute atomic E-state index is 0.0510. The number of likely N-dealkylation sites (tertiary alicyclic amines) is 1. The van der Waals surface area contributed by atoms with Crippen LogP contribution in [-0.4, -0.2) is 32.4 Å². The van der Waals surface area contributed by atoms with E-state index in [0.717, 1.165) is 43.7 Å². The lowest BCUT2D eigenvalue weighted by molar-refractivity contribution is 0.206. The number of benzene rings is 3. The summed E-state index contributed by atoms with van der Waals surface area (Å²) >= 11 is 0. The lowest BCUT2D eigenvalue weighted by atomic mass is 10.0. The molecule has 0 aliphatic carbocycles. The largest absolute Gasteiger partial charge is 0.299 e. The van der Waals surface area contributed by atoms with E-state index in [1.165, 1.54) is 5.56 Å². The smallest absolute Gasteiger partial charge is 0.264 e. The maximum absolute atomic E-state index is 13.6. The van der Waals surface area contributed by atoms with E-state index in [9.17, 15) is 8.42 Å². The molecule has 0 saturated carbocycles. The van der Waals surface area contributed by atoms with E-state index in [1.54, 1.807) is 28.6 Å². The fourth-order valence-electron chi connectivity index (χ4n) is 4.10. The molecule has 30 heavy (non-hydrogen) atoms. The number of nitrogens with zero attached hydrogens (tertiary/aromatic N) is 2. The Balaban J connectivity index is 1.57. The zero-order chi connectivity index (χ0) is 21.0. The third-order valence-corrected chi connectivity index (χ3v) is 7.62. The molecule has 1 saturated heterocycles. The molecule has 1 heterocycles. The van der Waals surface area contributed by atoms with Gasteiger partial charge in [-0.25, -0.2) is 8.42 Å². The summed E-state index contributed by atoms with van der Waals surface area (Å²) in [6, 6.07) is 27.0. The Morgan fingerprint density at radius 1 is 0.833 bits per heavy atom. The summed E-state index contributed by atoms with van der Waals surface area (Å²) < 4.78 is 28.9. The minimum Gasteiger partial charge on any atom is -0.299 e. The highest BCUT2D eigenvalue weighted by molar-refractivity contribution is 7.92. The molecule has 156 valence electrons. The lowest BCUT2D eigenvalue weighted by Crippen LogP contribution is -2.47. The van der Waals surface area contributed by atoms with Crippen LogP contribution in [0.4, 0.5) is 5.69 Å². The molecule has 0 radical (unpaired) electrons. The standard InChI is InChI=1S/C25H28N2O2S/c1-21-12-14-23(15-13-21)27(30(28,29)25-10-6-3-7-11-25)24-16-18-26(19-17-24)20-22-8-4-2-5-9-22/h2-15,24H,16-20H2,1H3. The van der Waals surface area contributed by atoms with Gasteiger partial charge in [0.1, 0.15) is 0 Å². The number of rotatable bonds is 6. The Morgan fingerprint density at radius 3 is 2.00 bits per heavy atom. The van der Waals surface area contributed by atoms with Crippen LogP contribution < -0.4 is 4.31 Å². The number of hydrogen-bond acceptors (Lipinski definition) is 3. The SMILES string of the molecule is Cc1ccc(N(C2CCN(Cc3ccccc3)CC2)S(=O)(=O)c2ccccc2)cc1. The first kappa shape index (κ1) is 20.6. The third kappa shape index (κ3) is 4.58. The summed E-state index contributed by atoms with van der Waals surface area (Å²) in [6.45, 7) is 4.68. The average molecular weight is 421 g/mol. The first-order valence-electron chi connectivity index (χ1n) is 10.5. The average Bonchev–Trinajstić information content (AvgIpc) is 2.78. The van der Waals surface area contributed by atoms with Crippen LogP contribution in [0.3, 0.4) is 0 Å². The van der Waals surface area contributed by atoms with Gasteiger partial charge in [-0.15, -0.1) is 0 Å². The molecule has 4 rings (SSSR count). The highest BCUT2D eigenvalue weighted by atomic mass is 32.2. The Hall–Kier alpha value is -2.63. The van der Waals surface area contributed by atoms with Gasteiger partial charge in [-0.05, 0) is 49.6 Å². The minimum atomic E-state index is -3.63. The van der Waals surface area contributed by atoms with Crippen molar-refractivity contribution in [2.45, 2.75) is 37.2 Å². The molecule has 0 atom stereocenters. The van der Waals surface area contributed by atoms with Crippen LogP contribution in [0.1, 0.15) is 24.0 Å². The summed E-state index contributed by atoms with van der Waals surface area (Å²) in [5.41, 5.74) is 3.16. The predicted molar refractivity (Wildman–Crippen MR) is 122 cm³/mol. The van der Waals surface area contributed by atoms with Crippen LogP contribution in [0.15, 0.2) is 89.8 Å². The van der Waals surface area contributed by atoms with Crippen molar-refractivity contribution in [1.29, 1.82) is 0 Å². The summed E-state index contributed by atoms with van der Waals surface area (Å²) in [7, 11) is -3.63. The van der Waals surface area contributed by atoms with Gasteiger partial charge in [0.25, 0.3) is 10.0 Å². The maximum Gasteiger partial charge on any atom is 0.264 e. The van der Waals surface area contributed by atoms with Crippen LogP contribution >= 0.6 is 0 Å². The van der Waals surface area contributed by atoms with Gasteiger partial charge < -0.3 is 0 Å². The number of aryl methyl sites for hydroxylation is 1. The van der Waals surface area contributed by atoms with Gasteiger partial charge in [0.05, 0.1) is 10.6 Å². The summed E-state index contributed by atoms with van der Waals surface area (Å²) in [6.07, 6.45) is 1.62. The van der Waals surface area contributed by atoms with Crippen molar-refractivity contribution in [1.82, 2.24) is 4.90 Å². The number of anilines is 1. The van der Waals surface area contributed by atoms with Crippen molar-refractivity contribution >= 4 is 15.7 Å². The van der Waals surface area contributed by atoms with Gasteiger partial charge in [-0.2, -0.15) is 0 Å². The second kappa shape index (κ2) is 9.02. The van der Waals surface area contributed by atoms with Gasteiger partial charge in [-0.3, -0.25) is 9.21 Å². The lowest BCUT2D eigenvalue weighted by Gasteiger charge is -2.39. The predicted octanol–water partition coefficient (Wildman–Crippen LogP) is 4.85. The van der Waals surface area contributed by atoms with Gasteiger partial charge in [0.2, 0.25) is 0 Å². The molecule has 0 N–H and O–H groups in total. The van der Waals surface area contributed by atoms with Crippen molar-refractivity contribution in [3.63, 3.8) is 0 Å². The molecule has 4 nitrogen and oxygen atoms in total. The maximum atomic E-state index is 13.6. The summed E-state index contributed by atoms with van der Waals surface area (Å²) in [5.74, 6) is 0. The fourth-order valence-corrected chi connectivity index (χ4v) is 5.83. The van der Waals surface area contributed by atoms with Crippen LogP contribution in [-0.2, 0) is 16.6 Å². The molecule has 0 spiro atoms. The van der Waals surface area contributed by atoms with Gasteiger partial charge in [0.15, 0.2) is 0 Å². The van der Waals surface area contributed by atoms with Crippen molar-refractivity contribution in [3.8, 4) is 0 Å². The normalized spacial score (nSPS) is 15.8. The van der Waals surface area contributed by atoms with Gasteiger partial charge in [-0.1, -0.05) is 66.2 Å². The Morgan fingerprint density at radius 2 is 1.40 bits per heavy atom. The molecule has 3 aromatic carbocycles. The highest BCUT2D eigenvalue weighted by Crippen LogP contribution is 2.31. The molecule has 0 unspecified atom stereocenters. The molecule has 5 heteroatoms. The summed E-state index contributed by atoms with van der Waals surface area (Å²) in [4.78, 5) is 2.76. The molecule has 3 aromatic rings. The highest BCUT2D eigenvalue weighted by Gasteiger charge is 2.34. The van der Waals surface area contributed by atoms with Crippen LogP contribution in [0, 0.1) is 6.92 Å². The Kier molecular flexibility index (Phi) is 6.21. The Bertz CT molecular complexity index is 1040. The molecular weight excluding hydrogens is 392 g/mol. The topological polar surface area (TPSA) is 40.6 Å². The van der Waals surface area contributed by atoms with E-state index in [0.29, 0.717) is 4.90 Å². The van der Waals surface area contributed by atoms with Crippen molar-refractivity contribution in [3.05, 3.63) is 96.1 Å². The quantitative estimate of drug-likeness (QED) is 0.572. The van der Waals surface area contributed by atoms with Crippen molar-refractivity contribution in [2.75, 3.05) is 17.4 Å². The molecule has 1 fully saturated rings. The first-order chi connectivity index (χ1) is 14.5. The van der Waals surface area contributed by atoms with Crippen molar-refractivity contribution in [2.24, 2.45) is 0 Å². The first-order valence-corrected chi connectivity index (χ1v) is 11.9. The Labute approximate surface area is 179 Å². The van der Waals surface area contributed by atoms with Crippen LogP contribution in [0.2, 0.25) is 0 Å². The zero-order valence-corrected chi connectivity index (χ0v) is 18.1.